The van der Waals surface area contributed by atoms with E-state index in [0.717, 1.165) is 0 Å². The maximum absolute atomic E-state index is 11.7. The smallest absolute Gasteiger partial charge is 0.276 e. The van der Waals surface area contributed by atoms with Gasteiger partial charge in [-0.3, -0.25) is 9.71 Å². The second-order valence-electron chi connectivity index (χ2n) is 4.44. The van der Waals surface area contributed by atoms with E-state index in [0.29, 0.717) is 11.8 Å². The highest BCUT2D eigenvalue weighted by Crippen LogP contribution is 2.44. The third-order valence-corrected chi connectivity index (χ3v) is 5.41. The number of benzene rings is 1. The summed E-state index contributed by atoms with van der Waals surface area (Å²) in [5, 5.41) is 0.348. The second-order valence-corrected chi connectivity index (χ2v) is 7.39. The summed E-state index contributed by atoms with van der Waals surface area (Å²) in [7, 11) is -3.55. The largest absolute Gasteiger partial charge is 0.298 e. The van der Waals surface area contributed by atoms with Crippen LogP contribution < -0.4 is 9.44 Å². The number of hydrogen-bond donors (Lipinski definition) is 2. The molecule has 1 aliphatic rings. The van der Waals surface area contributed by atoms with Gasteiger partial charge in [0.2, 0.25) is 0 Å². The third kappa shape index (κ3) is 3.62. The van der Waals surface area contributed by atoms with Crippen molar-refractivity contribution in [1.29, 1.82) is 0 Å². The number of rotatable bonds is 6. The molecule has 1 aliphatic heterocycles. The minimum atomic E-state index is -3.55. The lowest BCUT2D eigenvalue weighted by Crippen LogP contribution is -2.37. The van der Waals surface area contributed by atoms with Crippen molar-refractivity contribution in [3.05, 3.63) is 42.2 Å². The van der Waals surface area contributed by atoms with Gasteiger partial charge in [0.25, 0.3) is 10.2 Å². The van der Waals surface area contributed by atoms with Gasteiger partial charge in [-0.15, -0.1) is 11.8 Å². The Morgan fingerprint density at radius 3 is 2.95 bits per heavy atom. The lowest BCUT2D eigenvalue weighted by molar-refractivity contribution is 0.564. The van der Waals surface area contributed by atoms with E-state index in [2.05, 4.69) is 40.2 Å². The maximum Gasteiger partial charge on any atom is 0.298 e. The van der Waals surface area contributed by atoms with E-state index in [1.165, 1.54) is 22.9 Å². The summed E-state index contributed by atoms with van der Waals surface area (Å²) in [5.41, 5.74) is 1.20. The van der Waals surface area contributed by atoms with Crippen LogP contribution in [0.15, 0.2) is 46.6 Å². The van der Waals surface area contributed by atoms with Gasteiger partial charge in [-0.2, -0.15) is 13.1 Å². The highest BCUT2D eigenvalue weighted by molar-refractivity contribution is 8.00. The van der Waals surface area contributed by atoms with Gasteiger partial charge in [-0.05, 0) is 18.3 Å². The molecule has 2 rings (SSSR count). The minimum absolute atomic E-state index is 0.175. The Balaban J connectivity index is 2.01. The molecule has 2 N–H and O–H groups in total. The number of nitrogens with zero attached hydrogens (tertiary/aromatic N) is 1. The molecule has 0 bridgehead atoms. The van der Waals surface area contributed by atoms with E-state index < -0.39 is 10.2 Å². The molecule has 1 heterocycles. The zero-order valence-corrected chi connectivity index (χ0v) is 12.7. The molecule has 0 saturated heterocycles. The first kappa shape index (κ1) is 15.1. The van der Waals surface area contributed by atoms with Gasteiger partial charge in [-0.25, -0.2) is 0 Å². The van der Waals surface area contributed by atoms with Crippen molar-refractivity contribution >= 4 is 28.7 Å². The highest BCUT2D eigenvalue weighted by Gasteiger charge is 2.30. The van der Waals surface area contributed by atoms with Crippen LogP contribution in [0.5, 0.6) is 0 Å². The predicted octanol–water partition coefficient (Wildman–Crippen LogP) is 1.86. The highest BCUT2D eigenvalue weighted by atomic mass is 32.2. The monoisotopic (exact) mass is 311 g/mol. The van der Waals surface area contributed by atoms with Gasteiger partial charge < -0.3 is 0 Å². The summed E-state index contributed by atoms with van der Waals surface area (Å²) >= 11 is 1.78. The molecule has 2 atom stereocenters. The zero-order chi connectivity index (χ0) is 14.6. The summed E-state index contributed by atoms with van der Waals surface area (Å²) < 4.78 is 28.3. The third-order valence-electron chi connectivity index (χ3n) is 3.09. The molecule has 1 aromatic carbocycles. The first-order valence-corrected chi connectivity index (χ1v) is 8.53. The molecular weight excluding hydrogens is 294 g/mol. The maximum atomic E-state index is 11.7. The summed E-state index contributed by atoms with van der Waals surface area (Å²) in [4.78, 5) is 4.66. The average molecular weight is 311 g/mol. The normalized spacial score (nSPS) is 21.9. The number of hydrogen-bond acceptors (Lipinski definition) is 4. The predicted molar refractivity (Wildman–Crippen MR) is 83.2 cm³/mol. The second kappa shape index (κ2) is 6.43. The molecule has 0 saturated carbocycles. The van der Waals surface area contributed by atoms with Crippen molar-refractivity contribution in [2.45, 2.75) is 23.0 Å². The average Bonchev–Trinajstić information content (AvgIpc) is 2.72. The van der Waals surface area contributed by atoms with Crippen LogP contribution in [0.25, 0.3) is 0 Å². The van der Waals surface area contributed by atoms with Crippen molar-refractivity contribution in [1.82, 2.24) is 9.44 Å². The molecule has 2 unspecified atom stereocenters. The van der Waals surface area contributed by atoms with Gasteiger partial charge in [0, 0.05) is 35.0 Å². The molecule has 0 fully saturated rings. The Bertz CT molecular complexity index is 614. The molecule has 0 aromatic heterocycles. The molecule has 0 radical (unpaired) electrons. The van der Waals surface area contributed by atoms with Crippen molar-refractivity contribution in [2.75, 3.05) is 6.54 Å². The van der Waals surface area contributed by atoms with Crippen molar-refractivity contribution < 1.29 is 8.42 Å². The number of fused-ring (bicyclic) bond motifs is 1. The SMILES string of the molecule is C=N/C=C\NS(=O)(=O)NCC1c2ccccc2SC1C. The quantitative estimate of drug-likeness (QED) is 0.788. The first-order valence-electron chi connectivity index (χ1n) is 6.17. The standard InChI is InChI=1S/C13H17N3O2S2/c1-10-12(11-5-3-4-6-13(11)19-10)9-16-20(17,18)15-8-7-14-2/h3-8,10,12,15-16H,2,9H2,1H3/b8-7-. The van der Waals surface area contributed by atoms with E-state index in [4.69, 9.17) is 0 Å². The summed E-state index contributed by atoms with van der Waals surface area (Å²) in [6, 6.07) is 8.11. The lowest BCUT2D eigenvalue weighted by Gasteiger charge is -2.16. The Hall–Kier alpha value is -1.31. The van der Waals surface area contributed by atoms with Crippen LogP contribution in [0.1, 0.15) is 18.4 Å². The minimum Gasteiger partial charge on any atom is -0.276 e. The van der Waals surface area contributed by atoms with Gasteiger partial charge in [0.05, 0.1) is 0 Å². The van der Waals surface area contributed by atoms with Crippen LogP contribution in [0.3, 0.4) is 0 Å². The van der Waals surface area contributed by atoms with E-state index in [1.807, 2.05) is 12.1 Å². The van der Waals surface area contributed by atoms with Crippen molar-refractivity contribution in [3.63, 3.8) is 0 Å². The molecule has 0 spiro atoms. The molecule has 5 nitrogen and oxygen atoms in total. The molecule has 20 heavy (non-hydrogen) atoms. The molecule has 0 amide bonds. The summed E-state index contributed by atoms with van der Waals surface area (Å²) in [6.07, 6.45) is 2.51. The van der Waals surface area contributed by atoms with Crippen LogP contribution in [0, 0.1) is 0 Å². The van der Waals surface area contributed by atoms with Gasteiger partial charge in [0.1, 0.15) is 0 Å². The van der Waals surface area contributed by atoms with E-state index in [-0.39, 0.29) is 5.92 Å². The Labute approximate surface area is 123 Å². The van der Waals surface area contributed by atoms with Crippen LogP contribution in [-0.2, 0) is 10.2 Å². The van der Waals surface area contributed by atoms with Crippen molar-refractivity contribution in [3.8, 4) is 0 Å². The topological polar surface area (TPSA) is 70.6 Å². The Morgan fingerprint density at radius 1 is 1.45 bits per heavy atom. The van der Waals surface area contributed by atoms with Crippen LogP contribution in [0.2, 0.25) is 0 Å². The molecular formula is C13H17N3O2S2. The van der Waals surface area contributed by atoms with E-state index >= 15 is 0 Å². The number of nitrogens with one attached hydrogen (secondary N) is 2. The fourth-order valence-electron chi connectivity index (χ4n) is 2.12. The van der Waals surface area contributed by atoms with Crippen LogP contribution in [0.4, 0.5) is 0 Å². The molecule has 1 aromatic rings. The molecule has 0 aliphatic carbocycles. The number of thioether (sulfide) groups is 1. The van der Waals surface area contributed by atoms with Crippen LogP contribution in [-0.4, -0.2) is 26.9 Å². The van der Waals surface area contributed by atoms with Gasteiger partial charge in [-0.1, -0.05) is 25.1 Å². The van der Waals surface area contributed by atoms with Crippen molar-refractivity contribution in [2.24, 2.45) is 4.99 Å². The fourth-order valence-corrected chi connectivity index (χ4v) is 4.16. The first-order chi connectivity index (χ1) is 9.53. The van der Waals surface area contributed by atoms with Crippen LogP contribution >= 0.6 is 11.8 Å². The summed E-state index contributed by atoms with van der Waals surface area (Å²) in [6.45, 7) is 5.71. The van der Waals surface area contributed by atoms with Gasteiger partial charge >= 0.3 is 0 Å². The molecule has 108 valence electrons. The lowest BCUT2D eigenvalue weighted by atomic mass is 9.97. The molecule has 7 heteroatoms. The number of aliphatic imine (C=N–C) groups is 1. The zero-order valence-electron chi connectivity index (χ0n) is 11.1. The Morgan fingerprint density at radius 2 is 2.20 bits per heavy atom. The van der Waals surface area contributed by atoms with E-state index in [9.17, 15) is 8.42 Å². The van der Waals surface area contributed by atoms with Gasteiger partial charge in [0.15, 0.2) is 0 Å². The van der Waals surface area contributed by atoms with E-state index in [1.54, 1.807) is 11.8 Å². The Kier molecular flexibility index (Phi) is 4.85. The fraction of sp³-hybridized carbons (Fsp3) is 0.308. The summed E-state index contributed by atoms with van der Waals surface area (Å²) in [5.74, 6) is 0.175.